The Morgan fingerprint density at radius 2 is 2.06 bits per heavy atom. The van der Waals surface area contributed by atoms with Crippen LogP contribution in [0.2, 0.25) is 0 Å². The Bertz CT molecular complexity index is 548. The molecule has 1 aromatic carbocycles. The molecule has 0 bridgehead atoms. The molecular weight excluding hydrogens is 248 g/mol. The van der Waals surface area contributed by atoms with E-state index in [0.717, 1.165) is 6.42 Å². The predicted octanol–water partition coefficient (Wildman–Crippen LogP) is 1.72. The summed E-state index contributed by atoms with van der Waals surface area (Å²) in [6, 6.07) is 11.7. The quantitative estimate of drug-likeness (QED) is 0.835. The van der Waals surface area contributed by atoms with E-state index in [1.165, 1.54) is 16.8 Å². The largest absolute Gasteiger partial charge is 0.230 e. The summed E-state index contributed by atoms with van der Waals surface area (Å²) >= 11 is 0. The highest BCUT2D eigenvalue weighted by Gasteiger charge is 2.35. The van der Waals surface area contributed by atoms with Gasteiger partial charge in [0, 0.05) is 13.1 Å². The van der Waals surface area contributed by atoms with Crippen LogP contribution in [0.4, 0.5) is 0 Å². The molecule has 2 unspecified atom stereocenters. The van der Waals surface area contributed by atoms with Crippen molar-refractivity contribution >= 4 is 10.0 Å². The Balaban J connectivity index is 2.13. The van der Waals surface area contributed by atoms with E-state index in [0.29, 0.717) is 13.1 Å². The summed E-state index contributed by atoms with van der Waals surface area (Å²) < 4.78 is 25.5. The number of benzene rings is 1. The first-order chi connectivity index (χ1) is 8.55. The number of rotatable bonds is 3. The Kier molecular flexibility index (Phi) is 3.69. The zero-order valence-electron chi connectivity index (χ0n) is 10.3. The van der Waals surface area contributed by atoms with E-state index in [1.807, 2.05) is 36.4 Å². The van der Waals surface area contributed by atoms with E-state index >= 15 is 0 Å². The predicted molar refractivity (Wildman–Crippen MR) is 69.4 cm³/mol. The summed E-state index contributed by atoms with van der Waals surface area (Å²) in [4.78, 5) is 0. The third kappa shape index (κ3) is 2.40. The van der Waals surface area contributed by atoms with Crippen molar-refractivity contribution in [2.75, 3.05) is 13.1 Å². The molecule has 1 aliphatic rings. The molecule has 2 rings (SSSR count). The van der Waals surface area contributed by atoms with Gasteiger partial charge in [-0.25, -0.2) is 12.7 Å². The molecular formula is C13H16N2O2S. The lowest BCUT2D eigenvalue weighted by Gasteiger charge is -2.17. The van der Waals surface area contributed by atoms with Gasteiger partial charge in [-0.1, -0.05) is 30.3 Å². The summed E-state index contributed by atoms with van der Waals surface area (Å²) in [6.07, 6.45) is 0.821. The summed E-state index contributed by atoms with van der Waals surface area (Å²) in [7, 11) is -3.46. The SMILES string of the molecule is CC(C#N)S(=O)(=O)N1CCC(c2ccccc2)C1. The Hall–Kier alpha value is -1.38. The number of nitrogens with zero attached hydrogens (tertiary/aromatic N) is 2. The highest BCUT2D eigenvalue weighted by molar-refractivity contribution is 7.89. The molecule has 0 amide bonds. The Morgan fingerprint density at radius 3 is 2.67 bits per heavy atom. The highest BCUT2D eigenvalue weighted by atomic mass is 32.2. The lowest BCUT2D eigenvalue weighted by molar-refractivity contribution is 0.469. The van der Waals surface area contributed by atoms with Crippen molar-refractivity contribution in [2.24, 2.45) is 0 Å². The van der Waals surface area contributed by atoms with Crippen LogP contribution in [-0.2, 0) is 10.0 Å². The minimum Gasteiger partial charge on any atom is -0.211 e. The zero-order valence-corrected chi connectivity index (χ0v) is 11.1. The molecule has 0 saturated carbocycles. The summed E-state index contributed by atoms with van der Waals surface area (Å²) in [6.45, 7) is 2.43. The first kappa shape index (κ1) is 13.1. The molecule has 0 spiro atoms. The lowest BCUT2D eigenvalue weighted by atomic mass is 9.99. The van der Waals surface area contributed by atoms with Gasteiger partial charge in [-0.2, -0.15) is 5.26 Å². The average Bonchev–Trinajstić information content (AvgIpc) is 2.89. The molecule has 1 saturated heterocycles. The summed E-state index contributed by atoms with van der Waals surface area (Å²) in [5.41, 5.74) is 1.17. The van der Waals surface area contributed by atoms with Crippen LogP contribution < -0.4 is 0 Å². The maximum Gasteiger partial charge on any atom is 0.230 e. The van der Waals surface area contributed by atoms with Crippen LogP contribution in [0, 0.1) is 11.3 Å². The van der Waals surface area contributed by atoms with Crippen LogP contribution in [0.1, 0.15) is 24.8 Å². The number of nitriles is 1. The zero-order chi connectivity index (χ0) is 13.2. The molecule has 0 radical (unpaired) electrons. The van der Waals surface area contributed by atoms with Gasteiger partial charge < -0.3 is 0 Å². The maximum absolute atomic E-state index is 12.0. The van der Waals surface area contributed by atoms with Gasteiger partial charge in [0.15, 0.2) is 5.25 Å². The fraction of sp³-hybridized carbons (Fsp3) is 0.462. The van der Waals surface area contributed by atoms with Gasteiger partial charge in [-0.05, 0) is 24.8 Å². The summed E-state index contributed by atoms with van der Waals surface area (Å²) in [5, 5.41) is 7.79. The van der Waals surface area contributed by atoms with Crippen molar-refractivity contribution in [1.82, 2.24) is 4.31 Å². The van der Waals surface area contributed by atoms with Crippen molar-refractivity contribution in [1.29, 1.82) is 5.26 Å². The third-order valence-corrected chi connectivity index (χ3v) is 5.46. The van der Waals surface area contributed by atoms with E-state index in [1.54, 1.807) is 0 Å². The molecule has 1 aromatic rings. The normalized spacial score (nSPS) is 22.6. The standard InChI is InChI=1S/C13H16N2O2S/c1-11(9-14)18(16,17)15-8-7-13(10-15)12-5-3-2-4-6-12/h2-6,11,13H,7-8,10H2,1H3. The first-order valence-corrected chi connectivity index (χ1v) is 7.49. The van der Waals surface area contributed by atoms with E-state index < -0.39 is 15.3 Å². The molecule has 1 fully saturated rings. The van der Waals surface area contributed by atoms with Crippen molar-refractivity contribution in [2.45, 2.75) is 24.5 Å². The van der Waals surface area contributed by atoms with Gasteiger partial charge in [-0.15, -0.1) is 0 Å². The second kappa shape index (κ2) is 5.09. The fourth-order valence-electron chi connectivity index (χ4n) is 2.25. The van der Waals surface area contributed by atoms with Gasteiger partial charge in [0.25, 0.3) is 0 Å². The van der Waals surface area contributed by atoms with Gasteiger partial charge >= 0.3 is 0 Å². The van der Waals surface area contributed by atoms with Crippen LogP contribution in [0.15, 0.2) is 30.3 Å². The van der Waals surface area contributed by atoms with Gasteiger partial charge in [-0.3, -0.25) is 0 Å². The molecule has 0 N–H and O–H groups in total. The molecule has 96 valence electrons. The minimum atomic E-state index is -3.46. The topological polar surface area (TPSA) is 61.2 Å². The maximum atomic E-state index is 12.0. The van der Waals surface area contributed by atoms with Crippen LogP contribution >= 0.6 is 0 Å². The van der Waals surface area contributed by atoms with E-state index in [-0.39, 0.29) is 5.92 Å². The molecule has 0 aliphatic carbocycles. The molecule has 1 aliphatic heterocycles. The minimum absolute atomic E-state index is 0.242. The average molecular weight is 264 g/mol. The van der Waals surface area contributed by atoms with E-state index in [4.69, 9.17) is 5.26 Å². The van der Waals surface area contributed by atoms with Crippen molar-refractivity contribution in [3.63, 3.8) is 0 Å². The molecule has 1 heterocycles. The Morgan fingerprint density at radius 1 is 1.39 bits per heavy atom. The number of hydrogen-bond acceptors (Lipinski definition) is 3. The summed E-state index contributed by atoms with van der Waals surface area (Å²) in [5.74, 6) is 0.242. The van der Waals surface area contributed by atoms with E-state index in [2.05, 4.69) is 0 Å². The lowest BCUT2D eigenvalue weighted by Crippen LogP contribution is -2.35. The van der Waals surface area contributed by atoms with Gasteiger partial charge in [0.2, 0.25) is 10.0 Å². The number of hydrogen-bond donors (Lipinski definition) is 0. The fourth-order valence-corrected chi connectivity index (χ4v) is 3.57. The smallest absolute Gasteiger partial charge is 0.211 e. The van der Waals surface area contributed by atoms with Gasteiger partial charge in [0.05, 0.1) is 6.07 Å². The third-order valence-electron chi connectivity index (χ3n) is 3.41. The molecule has 18 heavy (non-hydrogen) atoms. The van der Waals surface area contributed by atoms with Crippen LogP contribution in [-0.4, -0.2) is 31.1 Å². The second-order valence-corrected chi connectivity index (χ2v) is 6.82. The van der Waals surface area contributed by atoms with Crippen molar-refractivity contribution in [3.05, 3.63) is 35.9 Å². The Labute approximate surface area is 108 Å². The van der Waals surface area contributed by atoms with Crippen LogP contribution in [0.25, 0.3) is 0 Å². The van der Waals surface area contributed by atoms with Crippen LogP contribution in [0.3, 0.4) is 0 Å². The second-order valence-electron chi connectivity index (χ2n) is 4.57. The molecule has 0 aromatic heterocycles. The molecule has 2 atom stereocenters. The van der Waals surface area contributed by atoms with Crippen LogP contribution in [0.5, 0.6) is 0 Å². The molecule has 4 nitrogen and oxygen atoms in total. The van der Waals surface area contributed by atoms with Crippen molar-refractivity contribution in [3.8, 4) is 6.07 Å². The number of sulfonamides is 1. The van der Waals surface area contributed by atoms with Crippen molar-refractivity contribution < 1.29 is 8.42 Å². The van der Waals surface area contributed by atoms with Gasteiger partial charge in [0.1, 0.15) is 0 Å². The highest BCUT2D eigenvalue weighted by Crippen LogP contribution is 2.29. The monoisotopic (exact) mass is 264 g/mol. The molecule has 5 heteroatoms. The first-order valence-electron chi connectivity index (χ1n) is 5.99. The van der Waals surface area contributed by atoms with E-state index in [9.17, 15) is 8.42 Å².